The molecule has 0 unspecified atom stereocenters. The molecule has 2 heteroatoms. The zero-order valence-corrected chi connectivity index (χ0v) is 11.2. The van der Waals surface area contributed by atoms with Gasteiger partial charge in [-0.2, -0.15) is 0 Å². The van der Waals surface area contributed by atoms with Crippen LogP contribution < -0.4 is 4.74 Å². The molecule has 1 aliphatic heterocycles. The maximum atomic E-state index is 10.4. The van der Waals surface area contributed by atoms with Crippen LogP contribution >= 0.6 is 0 Å². The van der Waals surface area contributed by atoms with Crippen LogP contribution in [-0.2, 0) is 12.0 Å². The molecule has 0 saturated heterocycles. The molecule has 0 aromatic heterocycles. The van der Waals surface area contributed by atoms with Crippen molar-refractivity contribution < 1.29 is 9.84 Å². The van der Waals surface area contributed by atoms with Crippen molar-refractivity contribution in [2.75, 3.05) is 6.61 Å². The van der Waals surface area contributed by atoms with Crippen molar-refractivity contribution in [2.24, 2.45) is 5.41 Å². The van der Waals surface area contributed by atoms with Gasteiger partial charge in [-0.3, -0.25) is 0 Å². The van der Waals surface area contributed by atoms with E-state index in [0.29, 0.717) is 13.0 Å². The van der Waals surface area contributed by atoms with Crippen molar-refractivity contribution in [3.05, 3.63) is 29.3 Å². The van der Waals surface area contributed by atoms with Gasteiger partial charge in [0.15, 0.2) is 0 Å². The molecule has 2 rings (SSSR count). The lowest BCUT2D eigenvalue weighted by Crippen LogP contribution is -2.29. The van der Waals surface area contributed by atoms with Gasteiger partial charge in [-0.15, -0.1) is 0 Å². The predicted molar refractivity (Wildman–Crippen MR) is 69.3 cm³/mol. The molecular formula is C15H22O2. The van der Waals surface area contributed by atoms with E-state index in [1.807, 2.05) is 13.0 Å². The minimum absolute atomic E-state index is 0.260. The molecule has 94 valence electrons. The predicted octanol–water partition coefficient (Wildman–Crippen LogP) is 3.27. The van der Waals surface area contributed by atoms with Crippen molar-refractivity contribution >= 4 is 0 Å². The molecule has 2 nitrogen and oxygen atoms in total. The molecule has 0 radical (unpaired) electrons. The molecule has 0 aliphatic carbocycles. The van der Waals surface area contributed by atoms with Crippen LogP contribution in [0.1, 0.15) is 45.2 Å². The Morgan fingerprint density at radius 1 is 1.35 bits per heavy atom. The van der Waals surface area contributed by atoms with Crippen molar-refractivity contribution in [2.45, 2.75) is 46.1 Å². The highest BCUT2D eigenvalue weighted by molar-refractivity contribution is 5.42. The van der Waals surface area contributed by atoms with Gasteiger partial charge < -0.3 is 9.84 Å². The number of ether oxygens (including phenoxy) is 1. The SMILES string of the molecule is CC(C)(C)Cc1ccc2c(c1)[C@@](C)(O)CCO2. The van der Waals surface area contributed by atoms with Gasteiger partial charge in [0.1, 0.15) is 5.75 Å². The summed E-state index contributed by atoms with van der Waals surface area (Å²) in [4.78, 5) is 0. The minimum Gasteiger partial charge on any atom is -0.493 e. The molecule has 1 aromatic carbocycles. The zero-order chi connectivity index (χ0) is 12.7. The molecule has 0 bridgehead atoms. The van der Waals surface area contributed by atoms with Gasteiger partial charge in [0, 0.05) is 12.0 Å². The monoisotopic (exact) mass is 234 g/mol. The number of fused-ring (bicyclic) bond motifs is 1. The number of aliphatic hydroxyl groups is 1. The average Bonchev–Trinajstić information content (AvgIpc) is 2.16. The Kier molecular flexibility index (Phi) is 2.94. The Hall–Kier alpha value is -1.02. The zero-order valence-electron chi connectivity index (χ0n) is 11.2. The lowest BCUT2D eigenvalue weighted by atomic mass is 9.84. The third kappa shape index (κ3) is 2.81. The Labute approximate surface area is 104 Å². The lowest BCUT2D eigenvalue weighted by molar-refractivity contribution is 0.0145. The number of rotatable bonds is 1. The van der Waals surface area contributed by atoms with Gasteiger partial charge in [-0.05, 0) is 36.5 Å². The van der Waals surface area contributed by atoms with Crippen LogP contribution in [0, 0.1) is 5.41 Å². The first kappa shape index (κ1) is 12.4. The van der Waals surface area contributed by atoms with Gasteiger partial charge in [0.2, 0.25) is 0 Å². The second-order valence-corrected chi connectivity index (χ2v) is 6.44. The first-order chi connectivity index (χ1) is 7.78. The Morgan fingerprint density at radius 3 is 2.71 bits per heavy atom. The Balaban J connectivity index is 2.35. The number of hydrogen-bond donors (Lipinski definition) is 1. The summed E-state index contributed by atoms with van der Waals surface area (Å²) in [6, 6.07) is 6.19. The average molecular weight is 234 g/mol. The van der Waals surface area contributed by atoms with E-state index in [2.05, 4.69) is 32.9 Å². The van der Waals surface area contributed by atoms with Crippen LogP contribution in [0.3, 0.4) is 0 Å². The highest BCUT2D eigenvalue weighted by atomic mass is 16.5. The van der Waals surface area contributed by atoms with E-state index in [4.69, 9.17) is 4.74 Å². The first-order valence-electron chi connectivity index (χ1n) is 6.27. The van der Waals surface area contributed by atoms with E-state index in [9.17, 15) is 5.11 Å². The molecule has 1 aromatic rings. The fourth-order valence-corrected chi connectivity index (χ4v) is 2.34. The fraction of sp³-hybridized carbons (Fsp3) is 0.600. The summed E-state index contributed by atoms with van der Waals surface area (Å²) >= 11 is 0. The number of benzene rings is 1. The van der Waals surface area contributed by atoms with Crippen LogP contribution in [0.2, 0.25) is 0 Å². The van der Waals surface area contributed by atoms with Crippen LogP contribution in [0.4, 0.5) is 0 Å². The largest absolute Gasteiger partial charge is 0.493 e. The standard InChI is InChI=1S/C15H22O2/c1-14(2,3)10-11-5-6-13-12(9-11)15(4,16)7-8-17-13/h5-6,9,16H,7-8,10H2,1-4H3/t15-/m0/s1. The third-order valence-electron chi connectivity index (χ3n) is 3.21. The van der Waals surface area contributed by atoms with E-state index in [-0.39, 0.29) is 5.41 Å². The summed E-state index contributed by atoms with van der Waals surface area (Å²) in [5.41, 5.74) is 1.71. The van der Waals surface area contributed by atoms with E-state index in [1.165, 1.54) is 5.56 Å². The van der Waals surface area contributed by atoms with E-state index in [0.717, 1.165) is 17.7 Å². The second-order valence-electron chi connectivity index (χ2n) is 6.44. The smallest absolute Gasteiger partial charge is 0.125 e. The van der Waals surface area contributed by atoms with Gasteiger partial charge in [0.05, 0.1) is 12.2 Å². The normalized spacial score (nSPS) is 24.1. The van der Waals surface area contributed by atoms with E-state index in [1.54, 1.807) is 0 Å². The Bertz CT molecular complexity index is 413. The fourth-order valence-electron chi connectivity index (χ4n) is 2.34. The quantitative estimate of drug-likeness (QED) is 0.808. The molecule has 1 aliphatic rings. The van der Waals surface area contributed by atoms with Gasteiger partial charge in [-0.1, -0.05) is 26.8 Å². The summed E-state index contributed by atoms with van der Waals surface area (Å²) in [6.45, 7) is 9.14. The summed E-state index contributed by atoms with van der Waals surface area (Å²) < 4.78 is 5.58. The molecule has 1 heterocycles. The number of hydrogen-bond acceptors (Lipinski definition) is 2. The van der Waals surface area contributed by atoms with Crippen molar-refractivity contribution in [3.8, 4) is 5.75 Å². The minimum atomic E-state index is -0.749. The second kappa shape index (κ2) is 4.02. The third-order valence-corrected chi connectivity index (χ3v) is 3.21. The molecule has 0 saturated carbocycles. The van der Waals surface area contributed by atoms with Crippen LogP contribution in [0.5, 0.6) is 5.75 Å². The lowest BCUT2D eigenvalue weighted by Gasteiger charge is -2.32. The topological polar surface area (TPSA) is 29.5 Å². The highest BCUT2D eigenvalue weighted by Gasteiger charge is 2.31. The van der Waals surface area contributed by atoms with E-state index < -0.39 is 5.60 Å². The molecular weight excluding hydrogens is 212 g/mol. The summed E-state index contributed by atoms with van der Waals surface area (Å²) in [7, 11) is 0. The van der Waals surface area contributed by atoms with E-state index >= 15 is 0 Å². The molecule has 0 spiro atoms. The Morgan fingerprint density at radius 2 is 2.06 bits per heavy atom. The van der Waals surface area contributed by atoms with Gasteiger partial charge >= 0.3 is 0 Å². The first-order valence-corrected chi connectivity index (χ1v) is 6.27. The molecule has 0 fully saturated rings. The molecule has 17 heavy (non-hydrogen) atoms. The van der Waals surface area contributed by atoms with Gasteiger partial charge in [-0.25, -0.2) is 0 Å². The maximum absolute atomic E-state index is 10.4. The van der Waals surface area contributed by atoms with Crippen LogP contribution in [0.25, 0.3) is 0 Å². The highest BCUT2D eigenvalue weighted by Crippen LogP contribution is 2.37. The van der Waals surface area contributed by atoms with Gasteiger partial charge in [0.25, 0.3) is 0 Å². The maximum Gasteiger partial charge on any atom is 0.125 e. The van der Waals surface area contributed by atoms with Crippen LogP contribution in [0.15, 0.2) is 18.2 Å². The van der Waals surface area contributed by atoms with Crippen molar-refractivity contribution in [1.29, 1.82) is 0 Å². The summed E-state index contributed by atoms with van der Waals surface area (Å²) in [6.07, 6.45) is 1.68. The molecule has 1 N–H and O–H groups in total. The summed E-state index contributed by atoms with van der Waals surface area (Å²) in [5.74, 6) is 0.832. The van der Waals surface area contributed by atoms with Crippen molar-refractivity contribution in [3.63, 3.8) is 0 Å². The van der Waals surface area contributed by atoms with Crippen molar-refractivity contribution in [1.82, 2.24) is 0 Å². The summed E-state index contributed by atoms with van der Waals surface area (Å²) in [5, 5.41) is 10.4. The molecule has 0 amide bonds. The van der Waals surface area contributed by atoms with Crippen LogP contribution in [-0.4, -0.2) is 11.7 Å². The molecule has 1 atom stereocenters.